The second-order valence-electron chi connectivity index (χ2n) is 5.28. The van der Waals surface area contributed by atoms with Gasteiger partial charge in [0, 0.05) is 19.6 Å². The van der Waals surface area contributed by atoms with Crippen molar-refractivity contribution in [1.82, 2.24) is 5.32 Å². The number of ether oxygens (including phenoxy) is 2. The van der Waals surface area contributed by atoms with Crippen LogP contribution in [0.15, 0.2) is 0 Å². The molecule has 3 fully saturated rings. The zero-order valence-electron chi connectivity index (χ0n) is 9.39. The Morgan fingerprint density at radius 2 is 1.80 bits per heavy atom. The fourth-order valence-corrected chi connectivity index (χ4v) is 3.15. The molecule has 3 nitrogen and oxygen atoms in total. The molecular weight excluding hydrogens is 190 g/mol. The molecule has 0 amide bonds. The maximum absolute atomic E-state index is 6.43. The third-order valence-corrected chi connectivity index (χ3v) is 4.22. The van der Waals surface area contributed by atoms with Crippen LogP contribution in [0.25, 0.3) is 0 Å². The van der Waals surface area contributed by atoms with E-state index in [4.69, 9.17) is 9.47 Å². The molecule has 2 aliphatic heterocycles. The maximum atomic E-state index is 6.43. The summed E-state index contributed by atoms with van der Waals surface area (Å²) < 4.78 is 11.9. The molecule has 0 radical (unpaired) electrons. The Kier molecular flexibility index (Phi) is 2.49. The summed E-state index contributed by atoms with van der Waals surface area (Å²) in [5.74, 6) is 0. The van der Waals surface area contributed by atoms with E-state index < -0.39 is 0 Å². The minimum atomic E-state index is -0.0465. The Labute approximate surface area is 91.5 Å². The molecule has 3 heteroatoms. The molecule has 1 N–H and O–H groups in total. The standard InChI is InChI=1S/C12H21NO2/c1-3-11(4-1)6-8-13-12(15-11)5-2-9-14-10-7-12/h13H,1-10H2. The monoisotopic (exact) mass is 211 g/mol. The van der Waals surface area contributed by atoms with Crippen molar-refractivity contribution in [3.63, 3.8) is 0 Å². The molecule has 0 aromatic rings. The molecule has 1 unspecified atom stereocenters. The van der Waals surface area contributed by atoms with Gasteiger partial charge in [0.2, 0.25) is 0 Å². The van der Waals surface area contributed by atoms with Gasteiger partial charge in [-0.25, -0.2) is 0 Å². The maximum Gasteiger partial charge on any atom is 0.122 e. The summed E-state index contributed by atoms with van der Waals surface area (Å²) >= 11 is 0. The Morgan fingerprint density at radius 1 is 0.867 bits per heavy atom. The highest BCUT2D eigenvalue weighted by molar-refractivity contribution is 4.98. The summed E-state index contributed by atoms with van der Waals surface area (Å²) in [6.07, 6.45) is 8.38. The van der Waals surface area contributed by atoms with Gasteiger partial charge in [-0.05, 0) is 38.5 Å². The predicted molar refractivity (Wildman–Crippen MR) is 57.7 cm³/mol. The topological polar surface area (TPSA) is 30.5 Å². The van der Waals surface area contributed by atoms with Crippen LogP contribution in [0.5, 0.6) is 0 Å². The van der Waals surface area contributed by atoms with E-state index in [1.165, 1.54) is 25.7 Å². The number of nitrogens with one attached hydrogen (secondary N) is 1. The molecule has 86 valence electrons. The third kappa shape index (κ3) is 1.81. The van der Waals surface area contributed by atoms with Crippen molar-refractivity contribution < 1.29 is 9.47 Å². The van der Waals surface area contributed by atoms with Gasteiger partial charge in [0.1, 0.15) is 5.72 Å². The van der Waals surface area contributed by atoms with E-state index in [0.29, 0.717) is 0 Å². The van der Waals surface area contributed by atoms with Gasteiger partial charge in [-0.3, -0.25) is 5.32 Å². The summed E-state index contributed by atoms with van der Waals surface area (Å²) in [5, 5.41) is 3.60. The Morgan fingerprint density at radius 3 is 2.60 bits per heavy atom. The van der Waals surface area contributed by atoms with Crippen molar-refractivity contribution in [2.24, 2.45) is 0 Å². The first-order valence-electron chi connectivity index (χ1n) is 6.36. The van der Waals surface area contributed by atoms with E-state index in [2.05, 4.69) is 5.32 Å². The normalized spacial score (nSPS) is 40.0. The summed E-state index contributed by atoms with van der Waals surface area (Å²) in [7, 11) is 0. The van der Waals surface area contributed by atoms with Gasteiger partial charge < -0.3 is 9.47 Å². The SMILES string of the molecule is C1CC2(C1)CCNC1(CCCOCC1)O2. The van der Waals surface area contributed by atoms with E-state index in [1.807, 2.05) is 0 Å². The fourth-order valence-electron chi connectivity index (χ4n) is 3.15. The van der Waals surface area contributed by atoms with Gasteiger partial charge in [0.25, 0.3) is 0 Å². The van der Waals surface area contributed by atoms with Crippen molar-refractivity contribution in [1.29, 1.82) is 0 Å². The zero-order chi connectivity index (χ0) is 10.2. The zero-order valence-corrected chi connectivity index (χ0v) is 9.39. The summed E-state index contributed by atoms with van der Waals surface area (Å²) in [6.45, 7) is 2.88. The second-order valence-corrected chi connectivity index (χ2v) is 5.28. The number of hydrogen-bond acceptors (Lipinski definition) is 3. The van der Waals surface area contributed by atoms with E-state index in [0.717, 1.165) is 39.0 Å². The lowest BCUT2D eigenvalue weighted by Crippen LogP contribution is -2.62. The lowest BCUT2D eigenvalue weighted by atomic mass is 9.75. The summed E-state index contributed by atoms with van der Waals surface area (Å²) in [4.78, 5) is 0. The minimum absolute atomic E-state index is 0.0465. The van der Waals surface area contributed by atoms with E-state index in [1.54, 1.807) is 0 Å². The van der Waals surface area contributed by atoms with Gasteiger partial charge in [0.05, 0.1) is 12.2 Å². The van der Waals surface area contributed by atoms with Crippen LogP contribution < -0.4 is 5.32 Å². The quantitative estimate of drug-likeness (QED) is 0.663. The first kappa shape index (κ1) is 10.1. The second kappa shape index (κ2) is 3.72. The molecular formula is C12H21NO2. The van der Waals surface area contributed by atoms with Crippen molar-refractivity contribution in [3.05, 3.63) is 0 Å². The van der Waals surface area contributed by atoms with Crippen LogP contribution in [0, 0.1) is 0 Å². The van der Waals surface area contributed by atoms with Crippen LogP contribution >= 0.6 is 0 Å². The van der Waals surface area contributed by atoms with Crippen molar-refractivity contribution in [2.45, 2.75) is 56.3 Å². The van der Waals surface area contributed by atoms with Crippen molar-refractivity contribution >= 4 is 0 Å². The number of hydrogen-bond donors (Lipinski definition) is 1. The van der Waals surface area contributed by atoms with Crippen LogP contribution in [0.4, 0.5) is 0 Å². The van der Waals surface area contributed by atoms with Crippen LogP contribution in [0.3, 0.4) is 0 Å². The number of rotatable bonds is 0. The first-order chi connectivity index (χ1) is 7.33. The smallest absolute Gasteiger partial charge is 0.122 e. The average Bonchev–Trinajstić information content (AvgIpc) is 2.42. The first-order valence-corrected chi connectivity index (χ1v) is 6.36. The molecule has 2 spiro atoms. The van der Waals surface area contributed by atoms with Crippen LogP contribution in [-0.4, -0.2) is 31.1 Å². The molecule has 0 bridgehead atoms. The summed E-state index contributed by atoms with van der Waals surface area (Å²) in [5.41, 5.74) is 0.199. The lowest BCUT2D eigenvalue weighted by Gasteiger charge is -2.53. The van der Waals surface area contributed by atoms with Gasteiger partial charge >= 0.3 is 0 Å². The van der Waals surface area contributed by atoms with Crippen LogP contribution in [0.2, 0.25) is 0 Å². The van der Waals surface area contributed by atoms with Gasteiger partial charge in [-0.15, -0.1) is 0 Å². The third-order valence-electron chi connectivity index (χ3n) is 4.22. The molecule has 1 aliphatic carbocycles. The van der Waals surface area contributed by atoms with Crippen molar-refractivity contribution in [2.75, 3.05) is 19.8 Å². The molecule has 15 heavy (non-hydrogen) atoms. The molecule has 2 saturated heterocycles. The predicted octanol–water partition coefficient (Wildman–Crippen LogP) is 1.82. The Bertz CT molecular complexity index is 230. The van der Waals surface area contributed by atoms with E-state index >= 15 is 0 Å². The van der Waals surface area contributed by atoms with Crippen LogP contribution in [-0.2, 0) is 9.47 Å². The molecule has 0 aromatic carbocycles. The van der Waals surface area contributed by atoms with E-state index in [9.17, 15) is 0 Å². The lowest BCUT2D eigenvalue weighted by molar-refractivity contribution is -0.235. The highest BCUT2D eigenvalue weighted by Crippen LogP contribution is 2.45. The van der Waals surface area contributed by atoms with Gasteiger partial charge in [-0.1, -0.05) is 0 Å². The van der Waals surface area contributed by atoms with Crippen LogP contribution in [0.1, 0.15) is 44.9 Å². The fraction of sp³-hybridized carbons (Fsp3) is 1.00. The Balaban J connectivity index is 1.72. The molecule has 3 rings (SSSR count). The average molecular weight is 211 g/mol. The van der Waals surface area contributed by atoms with E-state index in [-0.39, 0.29) is 11.3 Å². The van der Waals surface area contributed by atoms with Gasteiger partial charge in [0.15, 0.2) is 0 Å². The Hall–Kier alpha value is -0.120. The molecule has 3 aliphatic rings. The summed E-state index contributed by atoms with van der Waals surface area (Å²) in [6, 6.07) is 0. The molecule has 2 heterocycles. The minimum Gasteiger partial charge on any atom is -0.381 e. The largest absolute Gasteiger partial charge is 0.381 e. The molecule has 1 atom stereocenters. The van der Waals surface area contributed by atoms with Crippen molar-refractivity contribution in [3.8, 4) is 0 Å². The highest BCUT2D eigenvalue weighted by atomic mass is 16.5. The highest BCUT2D eigenvalue weighted by Gasteiger charge is 2.48. The molecule has 0 aromatic heterocycles. The van der Waals surface area contributed by atoms with Gasteiger partial charge in [-0.2, -0.15) is 0 Å². The molecule has 1 saturated carbocycles.